The van der Waals surface area contributed by atoms with Crippen LogP contribution in [0.15, 0.2) is 22.8 Å². The maximum absolute atomic E-state index is 12.1. The second-order valence-corrected chi connectivity index (χ2v) is 3.22. The van der Waals surface area contributed by atoms with Crippen molar-refractivity contribution in [1.29, 1.82) is 0 Å². The number of rotatable bonds is 1. The molecule has 1 heterocycles. The Labute approximate surface area is 93.2 Å². The van der Waals surface area contributed by atoms with Gasteiger partial charge in [-0.3, -0.25) is 0 Å². The van der Waals surface area contributed by atoms with E-state index in [0.29, 0.717) is 4.60 Å². The van der Waals surface area contributed by atoms with Crippen LogP contribution in [0.25, 0.3) is 0 Å². The number of halogens is 5. The van der Waals surface area contributed by atoms with Gasteiger partial charge in [-0.15, -0.1) is 12.4 Å². The minimum absolute atomic E-state index is 0. The summed E-state index contributed by atoms with van der Waals surface area (Å²) in [5.74, 6) is 0. The van der Waals surface area contributed by atoms with E-state index in [4.69, 9.17) is 5.73 Å². The predicted molar refractivity (Wildman–Crippen MR) is 52.2 cm³/mol. The third-order valence-electron chi connectivity index (χ3n) is 1.41. The van der Waals surface area contributed by atoms with Crippen LogP contribution < -0.4 is 5.73 Å². The van der Waals surface area contributed by atoms with Crippen LogP contribution >= 0.6 is 28.3 Å². The van der Waals surface area contributed by atoms with E-state index < -0.39 is 12.2 Å². The van der Waals surface area contributed by atoms with E-state index in [1.807, 2.05) is 0 Å². The topological polar surface area (TPSA) is 38.9 Å². The number of aromatic nitrogens is 1. The summed E-state index contributed by atoms with van der Waals surface area (Å²) in [5.41, 5.74) is 4.74. The van der Waals surface area contributed by atoms with E-state index in [9.17, 15) is 13.2 Å². The van der Waals surface area contributed by atoms with Gasteiger partial charge in [-0.25, -0.2) is 4.98 Å². The summed E-state index contributed by atoms with van der Waals surface area (Å²) in [6.45, 7) is 0. The Kier molecular flexibility index (Phi) is 4.83. The molecule has 0 saturated heterocycles. The highest BCUT2D eigenvalue weighted by molar-refractivity contribution is 9.10. The molecule has 0 aliphatic heterocycles. The molecule has 1 rings (SSSR count). The Morgan fingerprint density at radius 3 is 2.36 bits per heavy atom. The zero-order valence-electron chi connectivity index (χ0n) is 6.75. The van der Waals surface area contributed by atoms with Gasteiger partial charge in [0.25, 0.3) is 0 Å². The van der Waals surface area contributed by atoms with Crippen LogP contribution in [0.2, 0.25) is 0 Å². The van der Waals surface area contributed by atoms with Crippen LogP contribution in [0, 0.1) is 0 Å². The first-order chi connectivity index (χ1) is 5.91. The normalized spacial score (nSPS) is 13.2. The van der Waals surface area contributed by atoms with Crippen molar-refractivity contribution in [3.63, 3.8) is 0 Å². The number of alkyl halides is 3. The monoisotopic (exact) mass is 290 g/mol. The lowest BCUT2D eigenvalue weighted by molar-refractivity contribution is -0.150. The Bertz CT molecular complexity index is 305. The first kappa shape index (κ1) is 13.7. The first-order valence-corrected chi connectivity index (χ1v) is 4.15. The van der Waals surface area contributed by atoms with Crippen LogP contribution in [0.1, 0.15) is 11.7 Å². The quantitative estimate of drug-likeness (QED) is 0.808. The molecule has 14 heavy (non-hydrogen) atoms. The third kappa shape index (κ3) is 3.43. The Morgan fingerprint density at radius 1 is 1.36 bits per heavy atom. The van der Waals surface area contributed by atoms with Crippen molar-refractivity contribution in [1.82, 2.24) is 4.98 Å². The highest BCUT2D eigenvalue weighted by Crippen LogP contribution is 2.29. The van der Waals surface area contributed by atoms with Crippen molar-refractivity contribution in [2.24, 2.45) is 5.73 Å². The SMILES string of the molecule is Cl.N[C@@H](c1cccc(Br)n1)C(F)(F)F. The lowest BCUT2D eigenvalue weighted by atomic mass is 10.2. The van der Waals surface area contributed by atoms with Gasteiger partial charge in [0.05, 0.1) is 5.69 Å². The minimum atomic E-state index is -4.45. The molecule has 80 valence electrons. The molecule has 0 amide bonds. The van der Waals surface area contributed by atoms with Gasteiger partial charge in [0.2, 0.25) is 0 Å². The maximum atomic E-state index is 12.1. The molecule has 0 aliphatic carbocycles. The molecule has 0 aromatic carbocycles. The molecule has 2 N–H and O–H groups in total. The molecule has 1 atom stereocenters. The van der Waals surface area contributed by atoms with Crippen LogP contribution in [-0.2, 0) is 0 Å². The molecule has 0 saturated carbocycles. The van der Waals surface area contributed by atoms with Crippen LogP contribution in [0.4, 0.5) is 13.2 Å². The summed E-state index contributed by atoms with van der Waals surface area (Å²) in [4.78, 5) is 3.61. The van der Waals surface area contributed by atoms with Gasteiger partial charge in [0.1, 0.15) is 10.6 Å². The molecule has 0 spiro atoms. The van der Waals surface area contributed by atoms with Gasteiger partial charge < -0.3 is 5.73 Å². The average molecular weight is 291 g/mol. The van der Waals surface area contributed by atoms with Gasteiger partial charge in [0, 0.05) is 0 Å². The fourth-order valence-electron chi connectivity index (χ4n) is 0.765. The van der Waals surface area contributed by atoms with E-state index in [0.717, 1.165) is 0 Å². The molecule has 1 aromatic rings. The summed E-state index contributed by atoms with van der Waals surface area (Å²) in [7, 11) is 0. The summed E-state index contributed by atoms with van der Waals surface area (Å²) < 4.78 is 36.6. The summed E-state index contributed by atoms with van der Waals surface area (Å²) in [6, 6.07) is 2.21. The number of nitrogens with two attached hydrogens (primary N) is 1. The van der Waals surface area contributed by atoms with Crippen LogP contribution in [0.5, 0.6) is 0 Å². The minimum Gasteiger partial charge on any atom is -0.315 e. The van der Waals surface area contributed by atoms with Crippen molar-refractivity contribution in [2.75, 3.05) is 0 Å². The van der Waals surface area contributed by atoms with E-state index in [1.165, 1.54) is 18.2 Å². The second kappa shape index (κ2) is 4.95. The predicted octanol–water partition coefficient (Wildman–Crippen LogP) is 2.83. The Hall–Kier alpha value is -0.330. The Balaban J connectivity index is 0.00000169. The largest absolute Gasteiger partial charge is 0.409 e. The zero-order valence-corrected chi connectivity index (χ0v) is 9.16. The summed E-state index contributed by atoms with van der Waals surface area (Å²) >= 11 is 2.96. The van der Waals surface area contributed by atoms with Crippen molar-refractivity contribution in [3.05, 3.63) is 28.5 Å². The first-order valence-electron chi connectivity index (χ1n) is 3.36. The fourth-order valence-corrected chi connectivity index (χ4v) is 1.12. The highest BCUT2D eigenvalue weighted by atomic mass is 79.9. The van der Waals surface area contributed by atoms with Crippen LogP contribution in [0.3, 0.4) is 0 Å². The van der Waals surface area contributed by atoms with Crippen molar-refractivity contribution in [3.8, 4) is 0 Å². The number of pyridine rings is 1. The molecular weight excluding hydrogens is 284 g/mol. The summed E-state index contributed by atoms with van der Waals surface area (Å²) in [6.07, 6.45) is -4.45. The molecule has 0 aliphatic rings. The van der Waals surface area contributed by atoms with E-state index in [2.05, 4.69) is 20.9 Å². The van der Waals surface area contributed by atoms with Gasteiger partial charge in [-0.1, -0.05) is 6.07 Å². The van der Waals surface area contributed by atoms with Crippen LogP contribution in [-0.4, -0.2) is 11.2 Å². The molecule has 7 heteroatoms. The molecule has 2 nitrogen and oxygen atoms in total. The third-order valence-corrected chi connectivity index (χ3v) is 1.85. The van der Waals surface area contributed by atoms with E-state index >= 15 is 0 Å². The maximum Gasteiger partial charge on any atom is 0.409 e. The second-order valence-electron chi connectivity index (χ2n) is 2.40. The molecular formula is C7H7BrClF3N2. The van der Waals surface area contributed by atoms with Gasteiger partial charge in [-0.05, 0) is 28.1 Å². The molecule has 0 fully saturated rings. The fraction of sp³-hybridized carbons (Fsp3) is 0.286. The molecule has 0 unspecified atom stereocenters. The van der Waals surface area contributed by atoms with Crippen molar-refractivity contribution >= 4 is 28.3 Å². The smallest absolute Gasteiger partial charge is 0.315 e. The molecule has 1 aromatic heterocycles. The highest BCUT2D eigenvalue weighted by Gasteiger charge is 2.38. The number of hydrogen-bond donors (Lipinski definition) is 1. The van der Waals surface area contributed by atoms with Gasteiger partial charge in [0.15, 0.2) is 0 Å². The number of nitrogens with zero attached hydrogens (tertiary/aromatic N) is 1. The van der Waals surface area contributed by atoms with E-state index in [1.54, 1.807) is 0 Å². The van der Waals surface area contributed by atoms with Gasteiger partial charge in [-0.2, -0.15) is 13.2 Å². The standard InChI is InChI=1S/C7H6BrF3N2.ClH/c8-5-3-1-2-4(13-5)6(12)7(9,10)11;/h1-3,6H,12H2;1H/t6-;/m0./s1. The zero-order chi connectivity index (χ0) is 10.1. The van der Waals surface area contributed by atoms with Crippen molar-refractivity contribution in [2.45, 2.75) is 12.2 Å². The summed E-state index contributed by atoms with van der Waals surface area (Å²) in [5, 5.41) is 0. The molecule has 0 bridgehead atoms. The lowest BCUT2D eigenvalue weighted by Crippen LogP contribution is -2.29. The van der Waals surface area contributed by atoms with Gasteiger partial charge >= 0.3 is 6.18 Å². The van der Waals surface area contributed by atoms with Crippen molar-refractivity contribution < 1.29 is 13.2 Å². The molecule has 0 radical (unpaired) electrons. The number of hydrogen-bond acceptors (Lipinski definition) is 2. The Morgan fingerprint density at radius 2 is 1.93 bits per heavy atom. The average Bonchev–Trinajstić information content (AvgIpc) is 2.01. The lowest BCUT2D eigenvalue weighted by Gasteiger charge is -2.14. The van der Waals surface area contributed by atoms with E-state index in [-0.39, 0.29) is 18.1 Å².